The summed E-state index contributed by atoms with van der Waals surface area (Å²) in [5, 5.41) is 8.07. The lowest BCUT2D eigenvalue weighted by Gasteiger charge is -2.39. The molecule has 6 nitrogen and oxygen atoms in total. The largest absolute Gasteiger partial charge is 0.497 e. The van der Waals surface area contributed by atoms with Gasteiger partial charge in [-0.05, 0) is 49.8 Å². The number of ether oxygens (including phenoxy) is 1. The Kier molecular flexibility index (Phi) is 4.42. The Hall–Kier alpha value is -2.37. The van der Waals surface area contributed by atoms with E-state index in [2.05, 4.69) is 15.2 Å². The minimum absolute atomic E-state index is 0.292. The SMILES string of the molecule is COc1ccc(CCC(=O)N2C3CCC2CC(n2ccnn2)C3)cc1. The van der Waals surface area contributed by atoms with Crippen LogP contribution >= 0.6 is 0 Å². The lowest BCUT2D eigenvalue weighted by Crippen LogP contribution is -2.47. The minimum Gasteiger partial charge on any atom is -0.497 e. The van der Waals surface area contributed by atoms with Crippen molar-refractivity contribution in [3.05, 3.63) is 42.2 Å². The van der Waals surface area contributed by atoms with Crippen molar-refractivity contribution in [2.45, 2.75) is 56.7 Å². The van der Waals surface area contributed by atoms with Crippen molar-refractivity contribution in [3.63, 3.8) is 0 Å². The van der Waals surface area contributed by atoms with E-state index in [9.17, 15) is 4.79 Å². The average Bonchev–Trinajstić information content (AvgIpc) is 3.27. The number of fused-ring (bicyclic) bond motifs is 2. The molecule has 0 aliphatic carbocycles. The fourth-order valence-electron chi connectivity index (χ4n) is 4.36. The van der Waals surface area contributed by atoms with E-state index in [0.717, 1.165) is 37.9 Å². The van der Waals surface area contributed by atoms with Crippen LogP contribution in [-0.4, -0.2) is 45.0 Å². The van der Waals surface area contributed by atoms with Crippen LogP contribution in [0, 0.1) is 0 Å². The normalized spacial score (nSPS) is 25.2. The summed E-state index contributed by atoms with van der Waals surface area (Å²) in [5.41, 5.74) is 1.18. The van der Waals surface area contributed by atoms with Gasteiger partial charge in [-0.1, -0.05) is 17.3 Å². The van der Waals surface area contributed by atoms with Crippen molar-refractivity contribution < 1.29 is 9.53 Å². The van der Waals surface area contributed by atoms with Crippen molar-refractivity contribution in [1.82, 2.24) is 19.9 Å². The van der Waals surface area contributed by atoms with Crippen LogP contribution in [0.15, 0.2) is 36.7 Å². The molecular weight excluding hydrogens is 316 g/mol. The number of carbonyl (C=O) groups excluding carboxylic acids is 1. The third kappa shape index (κ3) is 3.25. The smallest absolute Gasteiger partial charge is 0.223 e. The molecule has 1 aromatic heterocycles. The molecule has 2 aliphatic heterocycles. The Balaban J connectivity index is 1.36. The highest BCUT2D eigenvalue weighted by molar-refractivity contribution is 5.77. The predicted molar refractivity (Wildman–Crippen MR) is 93.3 cm³/mol. The molecule has 0 saturated carbocycles. The van der Waals surface area contributed by atoms with Gasteiger partial charge < -0.3 is 9.64 Å². The fourth-order valence-corrected chi connectivity index (χ4v) is 4.36. The van der Waals surface area contributed by atoms with E-state index >= 15 is 0 Å². The summed E-state index contributed by atoms with van der Waals surface area (Å²) in [4.78, 5) is 15.0. The van der Waals surface area contributed by atoms with E-state index < -0.39 is 0 Å². The molecule has 2 atom stereocenters. The molecule has 2 bridgehead atoms. The number of aromatic nitrogens is 3. The summed E-state index contributed by atoms with van der Waals surface area (Å²) in [6.07, 6.45) is 9.24. The van der Waals surface area contributed by atoms with Crippen molar-refractivity contribution in [2.24, 2.45) is 0 Å². The van der Waals surface area contributed by atoms with Gasteiger partial charge in [0.15, 0.2) is 0 Å². The van der Waals surface area contributed by atoms with Gasteiger partial charge in [0.05, 0.1) is 19.3 Å². The number of amides is 1. The molecule has 0 radical (unpaired) electrons. The molecule has 2 fully saturated rings. The highest BCUT2D eigenvalue weighted by atomic mass is 16.5. The van der Waals surface area contributed by atoms with E-state index in [1.165, 1.54) is 5.56 Å². The second-order valence-corrected chi connectivity index (χ2v) is 7.04. The van der Waals surface area contributed by atoms with Crippen LogP contribution in [0.25, 0.3) is 0 Å². The summed E-state index contributed by atoms with van der Waals surface area (Å²) < 4.78 is 7.14. The molecule has 0 N–H and O–H groups in total. The molecule has 3 heterocycles. The standard InChI is InChI=1S/C19H24N4O2/c1-25-18-7-2-14(3-8-18)4-9-19(24)23-15-5-6-16(23)13-17(12-15)22-11-10-20-21-22/h2-3,7-8,10-11,15-17H,4-6,9,12-13H2,1H3. The highest BCUT2D eigenvalue weighted by Crippen LogP contribution is 2.40. The van der Waals surface area contributed by atoms with Crippen LogP contribution in [0.4, 0.5) is 0 Å². The third-order valence-electron chi connectivity index (χ3n) is 5.60. The number of hydrogen-bond donors (Lipinski definition) is 0. The molecule has 2 aromatic rings. The van der Waals surface area contributed by atoms with Gasteiger partial charge in [0.2, 0.25) is 5.91 Å². The Morgan fingerprint density at radius 3 is 2.48 bits per heavy atom. The van der Waals surface area contributed by atoms with Crippen molar-refractivity contribution in [3.8, 4) is 5.75 Å². The Morgan fingerprint density at radius 1 is 1.16 bits per heavy atom. The summed E-state index contributed by atoms with van der Waals surface area (Å²) >= 11 is 0. The fraction of sp³-hybridized carbons (Fsp3) is 0.526. The number of rotatable bonds is 5. The number of hydrogen-bond acceptors (Lipinski definition) is 4. The van der Waals surface area contributed by atoms with Crippen LogP contribution in [0.3, 0.4) is 0 Å². The van der Waals surface area contributed by atoms with Gasteiger partial charge in [0.1, 0.15) is 5.75 Å². The molecule has 2 aliphatic rings. The summed E-state index contributed by atoms with van der Waals surface area (Å²) in [6, 6.07) is 9.08. The molecule has 4 rings (SSSR count). The zero-order chi connectivity index (χ0) is 17.2. The van der Waals surface area contributed by atoms with E-state index in [-0.39, 0.29) is 0 Å². The maximum absolute atomic E-state index is 12.8. The lowest BCUT2D eigenvalue weighted by atomic mass is 9.96. The predicted octanol–water partition coefficient (Wildman–Crippen LogP) is 2.61. The van der Waals surface area contributed by atoms with E-state index in [4.69, 9.17) is 4.74 Å². The molecule has 2 unspecified atom stereocenters. The van der Waals surface area contributed by atoms with Crippen molar-refractivity contribution in [2.75, 3.05) is 7.11 Å². The van der Waals surface area contributed by atoms with Gasteiger partial charge in [-0.2, -0.15) is 0 Å². The topological polar surface area (TPSA) is 60.2 Å². The minimum atomic E-state index is 0.292. The molecule has 0 spiro atoms. The molecule has 6 heteroatoms. The van der Waals surface area contributed by atoms with Crippen LogP contribution in [0.5, 0.6) is 5.75 Å². The highest BCUT2D eigenvalue weighted by Gasteiger charge is 2.43. The van der Waals surface area contributed by atoms with Crippen LogP contribution in [0.1, 0.15) is 43.7 Å². The number of benzene rings is 1. The Bertz CT molecular complexity index is 700. The first-order valence-corrected chi connectivity index (χ1v) is 9.04. The summed E-state index contributed by atoms with van der Waals surface area (Å²) in [5.74, 6) is 1.14. The number of carbonyl (C=O) groups is 1. The van der Waals surface area contributed by atoms with E-state index in [1.54, 1.807) is 13.3 Å². The maximum Gasteiger partial charge on any atom is 0.223 e. The summed E-state index contributed by atoms with van der Waals surface area (Å²) in [7, 11) is 1.66. The average molecular weight is 340 g/mol. The first-order valence-electron chi connectivity index (χ1n) is 9.04. The van der Waals surface area contributed by atoms with Crippen molar-refractivity contribution >= 4 is 5.91 Å². The van der Waals surface area contributed by atoms with Crippen molar-refractivity contribution in [1.29, 1.82) is 0 Å². The molecule has 25 heavy (non-hydrogen) atoms. The number of piperidine rings is 1. The first kappa shape index (κ1) is 16.1. The number of methoxy groups -OCH3 is 1. The van der Waals surface area contributed by atoms with Gasteiger partial charge in [-0.3, -0.25) is 4.79 Å². The quantitative estimate of drug-likeness (QED) is 0.839. The first-order chi connectivity index (χ1) is 12.2. The lowest BCUT2D eigenvalue weighted by molar-refractivity contribution is -0.136. The second-order valence-electron chi connectivity index (χ2n) is 7.04. The van der Waals surface area contributed by atoms with Gasteiger partial charge >= 0.3 is 0 Å². The number of aryl methyl sites for hydroxylation is 1. The van der Waals surface area contributed by atoms with Crippen LogP contribution in [-0.2, 0) is 11.2 Å². The zero-order valence-electron chi connectivity index (χ0n) is 14.5. The van der Waals surface area contributed by atoms with Crippen LogP contribution < -0.4 is 4.74 Å². The third-order valence-corrected chi connectivity index (χ3v) is 5.60. The maximum atomic E-state index is 12.8. The number of nitrogens with zero attached hydrogens (tertiary/aromatic N) is 4. The molecular formula is C19H24N4O2. The van der Waals surface area contributed by atoms with E-state index in [1.807, 2.05) is 35.1 Å². The second kappa shape index (κ2) is 6.86. The van der Waals surface area contributed by atoms with Gasteiger partial charge in [-0.25, -0.2) is 4.68 Å². The monoisotopic (exact) mass is 340 g/mol. The van der Waals surface area contributed by atoms with Crippen LogP contribution in [0.2, 0.25) is 0 Å². The Labute approximate surface area is 147 Å². The molecule has 1 aromatic carbocycles. The summed E-state index contributed by atoms with van der Waals surface area (Å²) in [6.45, 7) is 0. The van der Waals surface area contributed by atoms with Gasteiger partial charge in [-0.15, -0.1) is 5.10 Å². The zero-order valence-corrected chi connectivity index (χ0v) is 14.5. The molecule has 2 saturated heterocycles. The molecule has 1 amide bonds. The van der Waals surface area contributed by atoms with Gasteiger partial charge in [0, 0.05) is 24.7 Å². The van der Waals surface area contributed by atoms with E-state index in [0.29, 0.717) is 30.5 Å². The van der Waals surface area contributed by atoms with Gasteiger partial charge in [0.25, 0.3) is 0 Å². The Morgan fingerprint density at radius 2 is 1.88 bits per heavy atom. The molecule has 132 valence electrons.